The van der Waals surface area contributed by atoms with E-state index in [-0.39, 0.29) is 5.16 Å². The Hall–Kier alpha value is -2.25. The number of nitrogens with zero attached hydrogens (tertiary/aromatic N) is 4. The molecule has 0 bridgehead atoms. The summed E-state index contributed by atoms with van der Waals surface area (Å²) in [5.41, 5.74) is 4.32. The average molecular weight is 356 g/mol. The van der Waals surface area contributed by atoms with E-state index >= 15 is 0 Å². The third-order valence-electron chi connectivity index (χ3n) is 4.77. The van der Waals surface area contributed by atoms with Crippen LogP contribution in [0.25, 0.3) is 10.9 Å². The highest BCUT2D eigenvalue weighted by Gasteiger charge is 2.22. The van der Waals surface area contributed by atoms with Crippen LogP contribution in [-0.2, 0) is 36.4 Å². The van der Waals surface area contributed by atoms with Crippen LogP contribution in [0, 0.1) is 0 Å². The zero-order chi connectivity index (χ0) is 17.6. The summed E-state index contributed by atoms with van der Waals surface area (Å²) in [5, 5.41) is 1.15. The van der Waals surface area contributed by atoms with Crippen LogP contribution in [0.1, 0.15) is 17.0 Å². The van der Waals surface area contributed by atoms with E-state index < -0.39 is 9.84 Å². The van der Waals surface area contributed by atoms with Gasteiger partial charge in [-0.2, -0.15) is 0 Å². The number of aryl methyl sites for hydroxylation is 1. The third kappa shape index (κ3) is 3.05. The molecule has 0 unspecified atom stereocenters. The van der Waals surface area contributed by atoms with E-state index in [1.807, 2.05) is 12.1 Å². The first-order chi connectivity index (χ1) is 11.9. The molecule has 0 radical (unpaired) electrons. The number of fused-ring (bicyclic) bond motifs is 2. The predicted octanol–water partition coefficient (Wildman–Crippen LogP) is 1.93. The molecule has 0 fully saturated rings. The van der Waals surface area contributed by atoms with E-state index in [1.165, 1.54) is 16.6 Å². The van der Waals surface area contributed by atoms with E-state index in [0.717, 1.165) is 37.0 Å². The van der Waals surface area contributed by atoms with Crippen LogP contribution >= 0.6 is 0 Å². The van der Waals surface area contributed by atoms with Crippen molar-refractivity contribution in [3.05, 3.63) is 53.5 Å². The summed E-state index contributed by atoms with van der Waals surface area (Å²) < 4.78 is 25.6. The number of aromatic nitrogens is 3. The van der Waals surface area contributed by atoms with Crippen molar-refractivity contribution in [2.24, 2.45) is 7.05 Å². The highest BCUT2D eigenvalue weighted by Crippen LogP contribution is 2.23. The van der Waals surface area contributed by atoms with Crippen LogP contribution < -0.4 is 0 Å². The minimum atomic E-state index is -3.38. The van der Waals surface area contributed by atoms with Gasteiger partial charge in [-0.1, -0.05) is 18.2 Å². The Bertz CT molecular complexity index is 1060. The molecule has 3 heterocycles. The molecule has 0 spiro atoms. The minimum absolute atomic E-state index is 0.0855. The standard InChI is InChI=1S/C18H20N4O2S/c1-21-15(9-13-5-3-4-6-17(13)21)11-22-8-7-14-10-19-18(25(2,23)24)20-16(14)12-22/h3-6,9-10H,7-8,11-12H2,1-2H3. The van der Waals surface area contributed by atoms with Gasteiger partial charge in [-0.05, 0) is 29.5 Å². The van der Waals surface area contributed by atoms with Crippen LogP contribution in [0.2, 0.25) is 0 Å². The van der Waals surface area contributed by atoms with Gasteiger partial charge in [0.2, 0.25) is 15.0 Å². The van der Waals surface area contributed by atoms with Crippen molar-refractivity contribution in [3.8, 4) is 0 Å². The Labute approximate surface area is 147 Å². The zero-order valence-corrected chi connectivity index (χ0v) is 15.1. The Balaban J connectivity index is 1.60. The highest BCUT2D eigenvalue weighted by molar-refractivity contribution is 7.90. The first-order valence-corrected chi connectivity index (χ1v) is 10.1. The van der Waals surface area contributed by atoms with Gasteiger partial charge in [0, 0.05) is 50.3 Å². The number of para-hydroxylation sites is 1. The van der Waals surface area contributed by atoms with Gasteiger partial charge in [-0.15, -0.1) is 0 Å². The van der Waals surface area contributed by atoms with Crippen molar-refractivity contribution in [2.45, 2.75) is 24.7 Å². The fraction of sp³-hybridized carbons (Fsp3) is 0.333. The van der Waals surface area contributed by atoms with Crippen LogP contribution in [-0.4, -0.2) is 40.7 Å². The third-order valence-corrected chi connectivity index (χ3v) is 5.63. The van der Waals surface area contributed by atoms with E-state index in [4.69, 9.17) is 0 Å². The molecule has 130 valence electrons. The van der Waals surface area contributed by atoms with Gasteiger partial charge in [0.1, 0.15) is 0 Å². The summed E-state index contributed by atoms with van der Waals surface area (Å²) in [5.74, 6) is 0. The van der Waals surface area contributed by atoms with Crippen molar-refractivity contribution in [1.29, 1.82) is 0 Å². The Morgan fingerprint density at radius 1 is 1.24 bits per heavy atom. The van der Waals surface area contributed by atoms with Gasteiger partial charge >= 0.3 is 0 Å². The summed E-state index contributed by atoms with van der Waals surface area (Å²) in [6.45, 7) is 2.36. The van der Waals surface area contributed by atoms with Crippen molar-refractivity contribution in [1.82, 2.24) is 19.4 Å². The van der Waals surface area contributed by atoms with Gasteiger partial charge in [-0.3, -0.25) is 4.90 Å². The largest absolute Gasteiger partial charge is 0.346 e. The second-order valence-electron chi connectivity index (χ2n) is 6.61. The highest BCUT2D eigenvalue weighted by atomic mass is 32.2. The predicted molar refractivity (Wildman–Crippen MR) is 95.9 cm³/mol. The fourth-order valence-electron chi connectivity index (χ4n) is 3.38. The molecule has 0 saturated heterocycles. The van der Waals surface area contributed by atoms with E-state index in [9.17, 15) is 8.42 Å². The molecule has 6 nitrogen and oxygen atoms in total. The number of hydrogen-bond acceptors (Lipinski definition) is 5. The molecule has 25 heavy (non-hydrogen) atoms. The van der Waals surface area contributed by atoms with Gasteiger partial charge in [0.05, 0.1) is 5.69 Å². The van der Waals surface area contributed by atoms with Crippen LogP contribution in [0.5, 0.6) is 0 Å². The number of benzene rings is 1. The molecule has 0 aliphatic carbocycles. The number of rotatable bonds is 3. The molecule has 2 aromatic heterocycles. The first-order valence-electron chi connectivity index (χ1n) is 8.22. The quantitative estimate of drug-likeness (QED) is 0.671. The fourth-order valence-corrected chi connectivity index (χ4v) is 3.90. The van der Waals surface area contributed by atoms with Crippen molar-refractivity contribution in [2.75, 3.05) is 12.8 Å². The molecule has 1 aliphatic heterocycles. The lowest BCUT2D eigenvalue weighted by atomic mass is 10.1. The van der Waals surface area contributed by atoms with E-state index in [1.54, 1.807) is 6.20 Å². The molecule has 0 N–H and O–H groups in total. The lowest BCUT2D eigenvalue weighted by Crippen LogP contribution is -2.32. The second-order valence-corrected chi connectivity index (χ2v) is 8.52. The van der Waals surface area contributed by atoms with Crippen molar-refractivity contribution in [3.63, 3.8) is 0 Å². The summed E-state index contributed by atoms with van der Waals surface area (Å²) in [4.78, 5) is 10.6. The summed E-state index contributed by atoms with van der Waals surface area (Å²) in [7, 11) is -1.30. The van der Waals surface area contributed by atoms with Gasteiger partial charge in [0.25, 0.3) is 0 Å². The molecular formula is C18H20N4O2S. The molecule has 3 aromatic rings. The molecule has 7 heteroatoms. The molecule has 0 atom stereocenters. The van der Waals surface area contributed by atoms with Crippen LogP contribution in [0.3, 0.4) is 0 Å². The Morgan fingerprint density at radius 3 is 2.80 bits per heavy atom. The molecular weight excluding hydrogens is 336 g/mol. The van der Waals surface area contributed by atoms with Gasteiger partial charge < -0.3 is 4.57 Å². The molecule has 1 aliphatic rings. The lowest BCUT2D eigenvalue weighted by molar-refractivity contribution is 0.235. The van der Waals surface area contributed by atoms with Gasteiger partial charge in [-0.25, -0.2) is 18.4 Å². The maximum Gasteiger partial charge on any atom is 0.247 e. The summed E-state index contributed by atoms with van der Waals surface area (Å²) in [6, 6.07) is 10.6. The van der Waals surface area contributed by atoms with Crippen molar-refractivity contribution >= 4 is 20.7 Å². The smallest absolute Gasteiger partial charge is 0.247 e. The SMILES string of the molecule is Cn1c(CN2CCc3cnc(S(C)(=O)=O)nc3C2)cc2ccccc21. The maximum absolute atomic E-state index is 11.7. The Kier molecular flexibility index (Phi) is 3.85. The number of hydrogen-bond donors (Lipinski definition) is 0. The maximum atomic E-state index is 11.7. The first kappa shape index (κ1) is 16.2. The molecule has 4 rings (SSSR count). The average Bonchev–Trinajstić information content (AvgIpc) is 2.90. The van der Waals surface area contributed by atoms with E-state index in [0.29, 0.717) is 6.54 Å². The molecule has 0 amide bonds. The topological polar surface area (TPSA) is 68.1 Å². The summed E-state index contributed by atoms with van der Waals surface area (Å²) in [6.07, 6.45) is 3.64. The molecule has 0 saturated carbocycles. The van der Waals surface area contributed by atoms with E-state index in [2.05, 4.69) is 44.7 Å². The zero-order valence-electron chi connectivity index (χ0n) is 14.3. The normalized spacial score (nSPS) is 15.4. The van der Waals surface area contributed by atoms with Crippen LogP contribution in [0.4, 0.5) is 0 Å². The van der Waals surface area contributed by atoms with Gasteiger partial charge in [0.15, 0.2) is 0 Å². The Morgan fingerprint density at radius 2 is 2.04 bits per heavy atom. The summed E-state index contributed by atoms with van der Waals surface area (Å²) >= 11 is 0. The second kappa shape index (κ2) is 5.93. The molecule has 1 aromatic carbocycles. The van der Waals surface area contributed by atoms with Crippen molar-refractivity contribution < 1.29 is 8.42 Å². The minimum Gasteiger partial charge on any atom is -0.346 e. The monoisotopic (exact) mass is 356 g/mol. The number of sulfone groups is 1. The lowest BCUT2D eigenvalue weighted by Gasteiger charge is -2.28. The van der Waals surface area contributed by atoms with Crippen LogP contribution in [0.15, 0.2) is 41.7 Å².